The van der Waals surface area contributed by atoms with E-state index in [1.165, 1.54) is 19.2 Å². The van der Waals surface area contributed by atoms with Gasteiger partial charge in [-0.3, -0.25) is 9.52 Å². The van der Waals surface area contributed by atoms with Gasteiger partial charge in [0.05, 0.1) is 7.11 Å². The molecular formula is C17H17ClN2O4S. The number of hydrogen-bond donors (Lipinski definition) is 1. The van der Waals surface area contributed by atoms with Gasteiger partial charge in [0.1, 0.15) is 10.6 Å². The summed E-state index contributed by atoms with van der Waals surface area (Å²) in [6.45, 7) is 0.684. The SMILES string of the molecule is COc1ccc(Cl)cc1S(=O)(=O)Nc1ccc(N2CCCC2=O)cc1. The van der Waals surface area contributed by atoms with Crippen molar-refractivity contribution in [3.63, 3.8) is 0 Å². The van der Waals surface area contributed by atoms with Crippen LogP contribution in [0, 0.1) is 0 Å². The van der Waals surface area contributed by atoms with Crippen molar-refractivity contribution in [3.05, 3.63) is 47.5 Å². The second kappa shape index (κ2) is 6.93. The van der Waals surface area contributed by atoms with Crippen LogP contribution < -0.4 is 14.4 Å². The Bertz CT molecular complexity index is 897. The van der Waals surface area contributed by atoms with E-state index >= 15 is 0 Å². The normalized spacial score (nSPS) is 14.6. The first-order valence-electron chi connectivity index (χ1n) is 7.67. The second-order valence-electron chi connectivity index (χ2n) is 5.60. The predicted molar refractivity (Wildman–Crippen MR) is 96.8 cm³/mol. The highest BCUT2D eigenvalue weighted by molar-refractivity contribution is 7.92. The molecule has 0 unspecified atom stereocenters. The van der Waals surface area contributed by atoms with Crippen LogP contribution in [0.25, 0.3) is 0 Å². The molecule has 1 N–H and O–H groups in total. The van der Waals surface area contributed by atoms with E-state index in [2.05, 4.69) is 4.72 Å². The van der Waals surface area contributed by atoms with Crippen molar-refractivity contribution < 1.29 is 17.9 Å². The van der Waals surface area contributed by atoms with E-state index in [9.17, 15) is 13.2 Å². The summed E-state index contributed by atoms with van der Waals surface area (Å²) in [5.41, 5.74) is 1.14. The van der Waals surface area contributed by atoms with Crippen LogP contribution in [0.2, 0.25) is 5.02 Å². The van der Waals surface area contributed by atoms with Gasteiger partial charge in [-0.1, -0.05) is 11.6 Å². The Morgan fingerprint density at radius 2 is 1.88 bits per heavy atom. The molecular weight excluding hydrogens is 364 g/mol. The minimum atomic E-state index is -3.86. The van der Waals surface area contributed by atoms with E-state index in [4.69, 9.17) is 16.3 Å². The minimum absolute atomic E-state index is 0.0405. The molecule has 1 aliphatic heterocycles. The predicted octanol–water partition coefficient (Wildman–Crippen LogP) is 3.28. The highest BCUT2D eigenvalue weighted by Gasteiger charge is 2.23. The van der Waals surface area contributed by atoms with Crippen molar-refractivity contribution in [2.75, 3.05) is 23.3 Å². The lowest BCUT2D eigenvalue weighted by molar-refractivity contribution is -0.117. The average molecular weight is 381 g/mol. The van der Waals surface area contributed by atoms with Gasteiger partial charge in [0.15, 0.2) is 0 Å². The molecule has 6 nitrogen and oxygen atoms in total. The van der Waals surface area contributed by atoms with Crippen molar-refractivity contribution in [1.29, 1.82) is 0 Å². The van der Waals surface area contributed by atoms with Crippen LogP contribution in [0.4, 0.5) is 11.4 Å². The van der Waals surface area contributed by atoms with E-state index in [0.29, 0.717) is 23.7 Å². The van der Waals surface area contributed by atoms with Crippen LogP contribution in [-0.4, -0.2) is 28.0 Å². The third-order valence-electron chi connectivity index (χ3n) is 3.92. The van der Waals surface area contributed by atoms with Crippen LogP contribution in [0.15, 0.2) is 47.4 Å². The lowest BCUT2D eigenvalue weighted by atomic mass is 10.2. The van der Waals surface area contributed by atoms with Crippen molar-refractivity contribution >= 4 is 38.9 Å². The number of nitrogens with zero attached hydrogens (tertiary/aromatic N) is 1. The number of benzene rings is 2. The van der Waals surface area contributed by atoms with Gasteiger partial charge in [-0.25, -0.2) is 8.42 Å². The summed E-state index contributed by atoms with van der Waals surface area (Å²) < 4.78 is 32.8. The lowest BCUT2D eigenvalue weighted by Crippen LogP contribution is -2.23. The number of rotatable bonds is 5. The highest BCUT2D eigenvalue weighted by Crippen LogP contribution is 2.29. The molecule has 1 saturated heterocycles. The number of carbonyl (C=O) groups excluding carboxylic acids is 1. The Morgan fingerprint density at radius 1 is 1.16 bits per heavy atom. The molecule has 2 aromatic carbocycles. The van der Waals surface area contributed by atoms with Crippen LogP contribution in [0.1, 0.15) is 12.8 Å². The van der Waals surface area contributed by atoms with Gasteiger partial charge < -0.3 is 9.64 Å². The molecule has 0 aliphatic carbocycles. The summed E-state index contributed by atoms with van der Waals surface area (Å²) >= 11 is 5.90. The number of hydrogen-bond acceptors (Lipinski definition) is 4. The lowest BCUT2D eigenvalue weighted by Gasteiger charge is -2.16. The fraction of sp³-hybridized carbons (Fsp3) is 0.235. The zero-order valence-electron chi connectivity index (χ0n) is 13.5. The van der Waals surface area contributed by atoms with Crippen LogP contribution >= 0.6 is 11.6 Å². The van der Waals surface area contributed by atoms with Crippen LogP contribution in [-0.2, 0) is 14.8 Å². The Balaban J connectivity index is 1.84. The van der Waals surface area contributed by atoms with Gasteiger partial charge in [-0.15, -0.1) is 0 Å². The van der Waals surface area contributed by atoms with E-state index in [-0.39, 0.29) is 16.6 Å². The minimum Gasteiger partial charge on any atom is -0.495 e. The van der Waals surface area contributed by atoms with Crippen molar-refractivity contribution in [2.45, 2.75) is 17.7 Å². The molecule has 2 aromatic rings. The smallest absolute Gasteiger partial charge is 0.265 e. The largest absolute Gasteiger partial charge is 0.495 e. The summed E-state index contributed by atoms with van der Waals surface area (Å²) in [5, 5.41) is 0.295. The molecule has 8 heteroatoms. The van der Waals surface area contributed by atoms with E-state index < -0.39 is 10.0 Å². The summed E-state index contributed by atoms with van der Waals surface area (Å²) in [5.74, 6) is 0.285. The molecule has 132 valence electrons. The monoisotopic (exact) mass is 380 g/mol. The topological polar surface area (TPSA) is 75.7 Å². The summed E-state index contributed by atoms with van der Waals surface area (Å²) in [4.78, 5) is 13.4. The van der Waals surface area contributed by atoms with Gasteiger partial charge >= 0.3 is 0 Å². The Morgan fingerprint density at radius 3 is 2.48 bits per heavy atom. The van der Waals surface area contributed by atoms with Gasteiger partial charge in [-0.05, 0) is 48.9 Å². The van der Waals surface area contributed by atoms with Crippen LogP contribution in [0.5, 0.6) is 5.75 Å². The van der Waals surface area contributed by atoms with E-state index in [1.807, 2.05) is 0 Å². The van der Waals surface area contributed by atoms with Gasteiger partial charge in [0.25, 0.3) is 10.0 Å². The fourth-order valence-electron chi connectivity index (χ4n) is 2.70. The Hall–Kier alpha value is -2.25. The zero-order valence-corrected chi connectivity index (χ0v) is 15.1. The first kappa shape index (κ1) is 17.6. The molecule has 1 amide bonds. The molecule has 0 saturated carbocycles. The molecule has 0 spiro atoms. The fourth-order valence-corrected chi connectivity index (χ4v) is 4.19. The average Bonchev–Trinajstić information content (AvgIpc) is 3.01. The van der Waals surface area contributed by atoms with Gasteiger partial charge in [0.2, 0.25) is 5.91 Å². The highest BCUT2D eigenvalue weighted by atomic mass is 35.5. The van der Waals surface area contributed by atoms with Crippen molar-refractivity contribution in [1.82, 2.24) is 0 Å². The van der Waals surface area contributed by atoms with Crippen molar-refractivity contribution in [3.8, 4) is 5.75 Å². The van der Waals surface area contributed by atoms with Crippen LogP contribution in [0.3, 0.4) is 0 Å². The molecule has 0 atom stereocenters. The van der Waals surface area contributed by atoms with E-state index in [0.717, 1.165) is 12.1 Å². The standard InChI is InChI=1S/C17H17ClN2O4S/c1-24-15-9-4-12(18)11-16(15)25(22,23)19-13-5-7-14(8-6-13)20-10-2-3-17(20)21/h4-9,11,19H,2-3,10H2,1H3. The quantitative estimate of drug-likeness (QED) is 0.863. The third-order valence-corrected chi connectivity index (χ3v) is 5.56. The number of amides is 1. The molecule has 25 heavy (non-hydrogen) atoms. The number of sulfonamides is 1. The maximum absolute atomic E-state index is 12.6. The zero-order chi connectivity index (χ0) is 18.0. The first-order valence-corrected chi connectivity index (χ1v) is 9.53. The number of carbonyl (C=O) groups is 1. The van der Waals surface area contributed by atoms with Gasteiger partial charge in [0, 0.05) is 29.4 Å². The van der Waals surface area contributed by atoms with Gasteiger partial charge in [-0.2, -0.15) is 0 Å². The maximum atomic E-state index is 12.6. The molecule has 1 heterocycles. The molecule has 0 aromatic heterocycles. The molecule has 1 fully saturated rings. The number of anilines is 2. The molecule has 3 rings (SSSR count). The first-order chi connectivity index (χ1) is 11.9. The third kappa shape index (κ3) is 3.72. The number of methoxy groups -OCH3 is 1. The Labute approximate surface area is 151 Å². The number of ether oxygens (including phenoxy) is 1. The number of halogens is 1. The van der Waals surface area contributed by atoms with E-state index in [1.54, 1.807) is 35.2 Å². The summed E-state index contributed by atoms with van der Waals surface area (Å²) in [7, 11) is -2.47. The Kier molecular flexibility index (Phi) is 4.87. The molecule has 1 aliphatic rings. The molecule has 0 radical (unpaired) electrons. The summed E-state index contributed by atoms with van der Waals surface area (Å²) in [6.07, 6.45) is 1.38. The second-order valence-corrected chi connectivity index (χ2v) is 7.68. The number of nitrogens with one attached hydrogen (secondary N) is 1. The maximum Gasteiger partial charge on any atom is 0.265 e. The summed E-state index contributed by atoms with van der Waals surface area (Å²) in [6, 6.07) is 11.1. The molecule has 0 bridgehead atoms. The van der Waals surface area contributed by atoms with Crippen molar-refractivity contribution in [2.24, 2.45) is 0 Å².